The summed E-state index contributed by atoms with van der Waals surface area (Å²) in [5, 5.41) is 15.6. The predicted octanol–water partition coefficient (Wildman–Crippen LogP) is 3.64. The van der Waals surface area contributed by atoms with Gasteiger partial charge in [-0.3, -0.25) is 10.1 Å². The van der Waals surface area contributed by atoms with Crippen molar-refractivity contribution in [2.75, 3.05) is 7.05 Å². The number of hydrogen-bond donors (Lipinski definition) is 1. The lowest BCUT2D eigenvalue weighted by Crippen LogP contribution is -2.31. The molecule has 0 radical (unpaired) electrons. The molecule has 0 bridgehead atoms. The molecule has 0 spiro atoms. The van der Waals surface area contributed by atoms with Crippen LogP contribution < -0.4 is 15.7 Å². The van der Waals surface area contributed by atoms with E-state index in [0.717, 1.165) is 0 Å². The summed E-state index contributed by atoms with van der Waals surface area (Å²) >= 11 is 5.95. The van der Waals surface area contributed by atoms with Gasteiger partial charge < -0.3 is 14.5 Å². The van der Waals surface area contributed by atoms with E-state index < -0.39 is 16.5 Å². The van der Waals surface area contributed by atoms with Gasteiger partial charge >= 0.3 is 11.3 Å². The Hall–Kier alpha value is -3.32. The van der Waals surface area contributed by atoms with E-state index in [1.807, 2.05) is 0 Å². The Balaban J connectivity index is 2.09. The number of fused-ring (bicyclic) bond motifs is 3. The van der Waals surface area contributed by atoms with E-state index >= 15 is 0 Å². The van der Waals surface area contributed by atoms with Crippen LogP contribution in [0.2, 0.25) is 5.02 Å². The first-order valence-electron chi connectivity index (χ1n) is 8.06. The minimum atomic E-state index is -0.968. The van der Waals surface area contributed by atoms with Gasteiger partial charge in [-0.2, -0.15) is 0 Å². The largest absolute Gasteiger partial charge is 0.434 e. The molecule has 4 rings (SSSR count). The van der Waals surface area contributed by atoms with Crippen molar-refractivity contribution < 1.29 is 14.1 Å². The molecule has 3 aromatic rings. The average molecular weight is 385 g/mol. The van der Waals surface area contributed by atoms with Gasteiger partial charge in [-0.25, -0.2) is 4.79 Å². The molecule has 2 heterocycles. The first-order valence-corrected chi connectivity index (χ1v) is 8.44. The Kier molecular flexibility index (Phi) is 4.08. The Morgan fingerprint density at radius 3 is 2.52 bits per heavy atom. The van der Waals surface area contributed by atoms with Crippen molar-refractivity contribution in [3.8, 4) is 5.75 Å². The zero-order chi connectivity index (χ0) is 19.1. The lowest BCUT2D eigenvalue weighted by atomic mass is 9.87. The Labute approximate surface area is 158 Å². The van der Waals surface area contributed by atoms with Gasteiger partial charge in [0.2, 0.25) is 0 Å². The molecule has 0 saturated heterocycles. The van der Waals surface area contributed by atoms with Crippen LogP contribution in [0.4, 0.5) is 0 Å². The molecule has 27 heavy (non-hydrogen) atoms. The third-order valence-electron chi connectivity index (χ3n) is 4.42. The third-order valence-corrected chi connectivity index (χ3v) is 4.68. The normalized spacial score (nSPS) is 16.0. The lowest BCUT2D eigenvalue weighted by molar-refractivity contribution is -0.432. The standard InChI is InChI=1S/C19H13ClN2O5/c1-21-18-16(22(24)25)14(10-6-8-11(20)9-7-10)15-17(27-18)12-4-2-3-5-13(12)26-19(15)23/h2-9,14,21H,1H3/t14-/m0/s1. The van der Waals surface area contributed by atoms with Crippen molar-refractivity contribution in [2.24, 2.45) is 0 Å². The SMILES string of the molecule is CNC1=C([N+](=O)[O-])[C@@H](c2ccc(Cl)cc2)c2c(c3ccccc3oc2=O)O1. The summed E-state index contributed by atoms with van der Waals surface area (Å²) in [6.45, 7) is 0. The van der Waals surface area contributed by atoms with Gasteiger partial charge in [-0.15, -0.1) is 0 Å². The maximum atomic E-state index is 12.8. The van der Waals surface area contributed by atoms with Crippen molar-refractivity contribution in [1.29, 1.82) is 0 Å². The second-order valence-corrected chi connectivity index (χ2v) is 6.37. The highest BCUT2D eigenvalue weighted by molar-refractivity contribution is 6.30. The second-order valence-electron chi connectivity index (χ2n) is 5.94. The van der Waals surface area contributed by atoms with Crippen molar-refractivity contribution in [2.45, 2.75) is 5.92 Å². The van der Waals surface area contributed by atoms with Crippen LogP contribution in [-0.2, 0) is 0 Å². The van der Waals surface area contributed by atoms with Crippen LogP contribution in [-0.4, -0.2) is 12.0 Å². The average Bonchev–Trinajstić information content (AvgIpc) is 2.67. The molecule has 7 nitrogen and oxygen atoms in total. The quantitative estimate of drug-likeness (QED) is 0.421. The van der Waals surface area contributed by atoms with Gasteiger partial charge in [0.15, 0.2) is 5.75 Å². The van der Waals surface area contributed by atoms with Crippen molar-refractivity contribution >= 4 is 22.6 Å². The first-order chi connectivity index (χ1) is 13.0. The van der Waals surface area contributed by atoms with Gasteiger partial charge in [0, 0.05) is 12.1 Å². The number of ether oxygens (including phenoxy) is 1. The van der Waals surface area contributed by atoms with Crippen LogP contribution in [0.1, 0.15) is 17.0 Å². The highest BCUT2D eigenvalue weighted by Crippen LogP contribution is 2.44. The number of allylic oxidation sites excluding steroid dienone is 1. The van der Waals surface area contributed by atoms with Gasteiger partial charge in [0.25, 0.3) is 5.88 Å². The smallest absolute Gasteiger partial charge is 0.344 e. The number of hydrogen-bond acceptors (Lipinski definition) is 6. The molecule has 1 aliphatic rings. The summed E-state index contributed by atoms with van der Waals surface area (Å²) in [7, 11) is 1.52. The fourth-order valence-corrected chi connectivity index (χ4v) is 3.39. The maximum absolute atomic E-state index is 12.8. The molecule has 136 valence electrons. The lowest BCUT2D eigenvalue weighted by Gasteiger charge is -2.25. The molecule has 1 aromatic heterocycles. The summed E-state index contributed by atoms with van der Waals surface area (Å²) in [6, 6.07) is 13.4. The van der Waals surface area contributed by atoms with Gasteiger partial charge in [-0.05, 0) is 29.8 Å². The second kappa shape index (κ2) is 6.44. The van der Waals surface area contributed by atoms with Crippen molar-refractivity contribution in [3.63, 3.8) is 0 Å². The van der Waals surface area contributed by atoms with Gasteiger partial charge in [-0.1, -0.05) is 35.9 Å². The van der Waals surface area contributed by atoms with Gasteiger partial charge in [0.1, 0.15) is 11.5 Å². The van der Waals surface area contributed by atoms with Crippen molar-refractivity contribution in [3.05, 3.63) is 96.8 Å². The molecule has 1 aliphatic heterocycles. The highest BCUT2D eigenvalue weighted by Gasteiger charge is 2.42. The molecular formula is C19H13ClN2O5. The summed E-state index contributed by atoms with van der Waals surface area (Å²) in [5.74, 6) is -0.746. The van der Waals surface area contributed by atoms with Crippen LogP contribution in [0.3, 0.4) is 0 Å². The number of rotatable bonds is 3. The molecule has 0 fully saturated rings. The first kappa shape index (κ1) is 17.1. The fraction of sp³-hybridized carbons (Fsp3) is 0.105. The minimum absolute atomic E-state index is 0.0248. The molecule has 0 unspecified atom stereocenters. The van der Waals surface area contributed by atoms with E-state index in [-0.39, 0.29) is 22.9 Å². The number of benzene rings is 2. The highest BCUT2D eigenvalue weighted by atomic mass is 35.5. The molecule has 1 atom stereocenters. The number of halogens is 1. The summed E-state index contributed by atoms with van der Waals surface area (Å²) in [5.41, 5.74) is 0.0110. The summed E-state index contributed by atoms with van der Waals surface area (Å²) < 4.78 is 11.2. The summed E-state index contributed by atoms with van der Waals surface area (Å²) in [4.78, 5) is 24.0. The van der Waals surface area contributed by atoms with E-state index in [1.165, 1.54) is 7.05 Å². The molecule has 0 saturated carbocycles. The molecule has 8 heteroatoms. The van der Waals surface area contributed by atoms with Crippen LogP contribution in [0.25, 0.3) is 11.0 Å². The van der Waals surface area contributed by atoms with Gasteiger partial charge in [0.05, 0.1) is 15.9 Å². The fourth-order valence-electron chi connectivity index (χ4n) is 3.26. The van der Waals surface area contributed by atoms with E-state index in [1.54, 1.807) is 48.5 Å². The van der Waals surface area contributed by atoms with E-state index in [9.17, 15) is 14.9 Å². The van der Waals surface area contributed by atoms with Crippen molar-refractivity contribution in [1.82, 2.24) is 5.32 Å². The van der Waals surface area contributed by atoms with E-state index in [2.05, 4.69) is 5.32 Å². The zero-order valence-corrected chi connectivity index (χ0v) is 14.8. The van der Waals surface area contributed by atoms with E-state index in [0.29, 0.717) is 21.6 Å². The number of nitro groups is 1. The van der Waals surface area contributed by atoms with E-state index in [4.69, 9.17) is 20.8 Å². The predicted molar refractivity (Wildman–Crippen MR) is 99.5 cm³/mol. The number of nitrogens with zero attached hydrogens (tertiary/aromatic N) is 1. The molecule has 2 aromatic carbocycles. The third kappa shape index (κ3) is 2.72. The number of para-hydroxylation sites is 1. The minimum Gasteiger partial charge on any atom is -0.434 e. The van der Waals surface area contributed by atoms with Crippen LogP contribution in [0, 0.1) is 10.1 Å². The maximum Gasteiger partial charge on any atom is 0.344 e. The Morgan fingerprint density at radius 1 is 1.15 bits per heavy atom. The molecule has 0 amide bonds. The Morgan fingerprint density at radius 2 is 1.85 bits per heavy atom. The molecule has 0 aliphatic carbocycles. The van der Waals surface area contributed by atoms with Crippen LogP contribution in [0.5, 0.6) is 5.75 Å². The molecular weight excluding hydrogens is 372 g/mol. The van der Waals surface area contributed by atoms with Crippen LogP contribution in [0.15, 0.2) is 69.3 Å². The zero-order valence-electron chi connectivity index (χ0n) is 14.1. The monoisotopic (exact) mass is 384 g/mol. The summed E-state index contributed by atoms with van der Waals surface area (Å²) in [6.07, 6.45) is 0. The number of nitrogens with one attached hydrogen (secondary N) is 1. The topological polar surface area (TPSA) is 94.6 Å². The Bertz CT molecular complexity index is 1150. The van der Waals surface area contributed by atoms with Crippen LogP contribution >= 0.6 is 11.6 Å². The molecule has 1 N–H and O–H groups in total.